The second kappa shape index (κ2) is 9.73. The molecule has 11 heavy (non-hydrogen) atoms. The van der Waals surface area contributed by atoms with Gasteiger partial charge in [-0.15, -0.1) is 10.6 Å². The van der Waals surface area contributed by atoms with E-state index in [-0.39, 0.29) is 0 Å². The molecule has 0 aromatic rings. The molecule has 0 N–H and O–H groups in total. The van der Waals surface area contributed by atoms with Gasteiger partial charge in [0.2, 0.25) is 15.2 Å². The molecular weight excluding hydrogens is 355 g/mol. The molecule has 0 atom stereocenters. The predicted octanol–water partition coefficient (Wildman–Crippen LogP) is 3.32. The smallest absolute Gasteiger partial charge is 0.236 e. The lowest BCUT2D eigenvalue weighted by molar-refractivity contribution is -0.106. The van der Waals surface area contributed by atoms with Crippen LogP contribution in [-0.2, 0) is 4.79 Å². The van der Waals surface area contributed by atoms with Gasteiger partial charge >= 0.3 is 0 Å². The van der Waals surface area contributed by atoms with Gasteiger partial charge in [-0.05, 0) is 0 Å². The van der Waals surface area contributed by atoms with Crippen LogP contribution in [0.4, 0.5) is 0 Å². The van der Waals surface area contributed by atoms with Crippen LogP contribution in [-0.4, -0.2) is 23.6 Å². The summed E-state index contributed by atoms with van der Waals surface area (Å²) >= 11 is 9.26. The van der Waals surface area contributed by atoms with Crippen molar-refractivity contribution in [2.45, 2.75) is 26.6 Å². The Morgan fingerprint density at radius 2 is 1.55 bits per heavy atom. The third-order valence-corrected chi connectivity index (χ3v) is 2.82. The van der Waals surface area contributed by atoms with Gasteiger partial charge in [0, 0.05) is 0 Å². The van der Waals surface area contributed by atoms with Crippen molar-refractivity contribution in [3.63, 3.8) is 0 Å². The van der Waals surface area contributed by atoms with Crippen molar-refractivity contribution in [3.8, 4) is 0 Å². The van der Waals surface area contributed by atoms with E-state index >= 15 is 0 Å². The summed E-state index contributed by atoms with van der Waals surface area (Å²) in [6, 6.07) is 0. The summed E-state index contributed by atoms with van der Waals surface area (Å²) in [5.41, 5.74) is 0. The van der Waals surface area contributed by atoms with E-state index in [0.717, 1.165) is 0 Å². The third kappa shape index (κ3) is 24.5. The lowest BCUT2D eigenvalue weighted by Gasteiger charge is -1.95. The number of alkyl halides is 3. The quantitative estimate of drug-likeness (QED) is 0.416. The number of hydrogen-bond acceptors (Lipinski definition) is 1. The number of rotatable bonds is 2. The molecular formula is C6H12AlBr3O. The first-order valence-electron chi connectivity index (χ1n) is 3.51. The van der Waals surface area contributed by atoms with Gasteiger partial charge in [0.15, 0.2) is 8.43 Å². The van der Waals surface area contributed by atoms with Crippen molar-refractivity contribution in [1.82, 2.24) is 0 Å². The Hall–Kier alpha value is 1.64. The molecule has 0 aromatic heterocycles. The minimum Gasteiger partial charge on any atom is -0.300 e. The fourth-order valence-electron chi connectivity index (χ4n) is 0.354. The zero-order valence-corrected chi connectivity index (χ0v) is 12.9. The fourth-order valence-corrected chi connectivity index (χ4v) is 1.06. The number of halogens is 3. The Balaban J connectivity index is 0. The maximum Gasteiger partial charge on any atom is 0.236 e. The first kappa shape index (κ1) is 15.1. The molecule has 0 bridgehead atoms. The highest BCUT2D eigenvalue weighted by atomic mass is 80.0. The molecule has 0 aliphatic heterocycles. The van der Waals surface area contributed by atoms with Crippen molar-refractivity contribution in [1.29, 1.82) is 0 Å². The summed E-state index contributed by atoms with van der Waals surface area (Å²) in [7, 11) is 0. The molecule has 0 fully saturated rings. The van der Waals surface area contributed by atoms with E-state index in [1.165, 1.54) is 10.6 Å². The lowest BCUT2D eigenvalue weighted by atomic mass is 10.9. The average molecular weight is 367 g/mol. The Bertz CT molecular complexity index is 90.3. The standard InChI is InChI=1S/C2HBr3O.2C2H5.Al.H/c3-2(4,5)1-6;2*1-2;;/h1H;2*1H2,2H3;;. The van der Waals surface area contributed by atoms with Crippen molar-refractivity contribution in [2.75, 3.05) is 0 Å². The number of hydrogen-bond donors (Lipinski definition) is 0. The summed E-state index contributed by atoms with van der Waals surface area (Å²) in [6.45, 7) is 4.55. The molecule has 66 valence electrons. The molecule has 0 saturated heterocycles. The first-order valence-corrected chi connectivity index (χ1v) is 7.88. The SMILES string of the molecule is C[CH2][AlH][CH2]C.O=CC(Br)(Br)Br. The van der Waals surface area contributed by atoms with Crippen LogP contribution in [0.15, 0.2) is 0 Å². The van der Waals surface area contributed by atoms with E-state index in [1.54, 1.807) is 0 Å². The summed E-state index contributed by atoms with van der Waals surface area (Å²) in [5, 5.41) is 2.97. The van der Waals surface area contributed by atoms with E-state index < -0.39 is 2.14 Å². The van der Waals surface area contributed by atoms with Gasteiger partial charge in [-0.1, -0.05) is 61.6 Å². The van der Waals surface area contributed by atoms with Crippen LogP contribution in [0.1, 0.15) is 13.8 Å². The zero-order chi connectivity index (χ0) is 9.33. The molecule has 0 radical (unpaired) electrons. The van der Waals surface area contributed by atoms with E-state index in [9.17, 15) is 4.79 Å². The average Bonchev–Trinajstić information content (AvgIpc) is 1.90. The largest absolute Gasteiger partial charge is 0.300 e. The van der Waals surface area contributed by atoms with Crippen molar-refractivity contribution in [2.24, 2.45) is 0 Å². The van der Waals surface area contributed by atoms with Crippen LogP contribution in [0.5, 0.6) is 0 Å². The normalized spacial score (nSPS) is 9.55. The van der Waals surface area contributed by atoms with Gasteiger partial charge in [-0.25, -0.2) is 0 Å². The molecule has 5 heteroatoms. The van der Waals surface area contributed by atoms with Gasteiger partial charge in [0.25, 0.3) is 0 Å². The number of aldehydes is 1. The van der Waals surface area contributed by atoms with Crippen molar-refractivity contribution < 1.29 is 4.79 Å². The maximum absolute atomic E-state index is 9.69. The highest BCUT2D eigenvalue weighted by molar-refractivity contribution is 9.40. The second-order valence-corrected chi connectivity index (χ2v) is 11.7. The third-order valence-electron chi connectivity index (χ3n) is 0.841. The van der Waals surface area contributed by atoms with Crippen LogP contribution >= 0.6 is 47.8 Å². The molecule has 0 heterocycles. The van der Waals surface area contributed by atoms with Crippen LogP contribution in [0.2, 0.25) is 10.6 Å². The zero-order valence-electron chi connectivity index (χ0n) is 6.74. The molecule has 0 unspecified atom stereocenters. The van der Waals surface area contributed by atoms with E-state index in [2.05, 4.69) is 61.6 Å². The second-order valence-electron chi connectivity index (χ2n) is 2.01. The molecule has 0 aromatic carbocycles. The Morgan fingerprint density at radius 3 is 1.55 bits per heavy atom. The fraction of sp³-hybridized carbons (Fsp3) is 0.833. The molecule has 0 aliphatic carbocycles. The summed E-state index contributed by atoms with van der Waals surface area (Å²) < 4.78 is -0.701. The van der Waals surface area contributed by atoms with Gasteiger partial charge in [-0.3, -0.25) is 4.79 Å². The summed E-state index contributed by atoms with van der Waals surface area (Å²) in [5.74, 6) is 0. The van der Waals surface area contributed by atoms with Crippen LogP contribution in [0.25, 0.3) is 0 Å². The van der Waals surface area contributed by atoms with Crippen molar-refractivity contribution >= 4 is 69.3 Å². The molecule has 0 saturated carbocycles. The Kier molecular flexibility index (Phi) is 13.4. The number of carbonyl (C=O) groups excluding carboxylic acids is 1. The Labute approximate surface area is 99.8 Å². The lowest BCUT2D eigenvalue weighted by Crippen LogP contribution is -1.97. The minimum atomic E-state index is -0.701. The van der Waals surface area contributed by atoms with E-state index in [0.29, 0.717) is 21.5 Å². The maximum atomic E-state index is 9.69. The minimum absolute atomic E-state index is 0.432. The van der Waals surface area contributed by atoms with Crippen LogP contribution in [0, 0.1) is 0 Å². The van der Waals surface area contributed by atoms with Crippen molar-refractivity contribution in [3.05, 3.63) is 0 Å². The number of carbonyl (C=O) groups is 1. The molecule has 0 amide bonds. The van der Waals surface area contributed by atoms with Crippen LogP contribution < -0.4 is 0 Å². The topological polar surface area (TPSA) is 17.1 Å². The van der Waals surface area contributed by atoms with Gasteiger partial charge in [0.1, 0.15) is 0 Å². The molecule has 0 aliphatic rings. The predicted molar refractivity (Wildman–Crippen MR) is 63.7 cm³/mol. The van der Waals surface area contributed by atoms with Gasteiger partial charge in [-0.2, -0.15) is 0 Å². The monoisotopic (exact) mass is 364 g/mol. The highest BCUT2D eigenvalue weighted by Gasteiger charge is 2.13. The van der Waals surface area contributed by atoms with Gasteiger partial charge in [0.05, 0.1) is 0 Å². The molecule has 0 spiro atoms. The van der Waals surface area contributed by atoms with E-state index in [4.69, 9.17) is 0 Å². The summed E-state index contributed by atoms with van der Waals surface area (Å²) in [4.78, 5) is 9.69. The van der Waals surface area contributed by atoms with E-state index in [1.807, 2.05) is 0 Å². The summed E-state index contributed by atoms with van der Waals surface area (Å²) in [6.07, 6.45) is 0.688. The highest BCUT2D eigenvalue weighted by Crippen LogP contribution is 2.29. The first-order chi connectivity index (χ1) is 4.97. The molecule has 0 rings (SSSR count). The Morgan fingerprint density at radius 1 is 1.27 bits per heavy atom. The van der Waals surface area contributed by atoms with Crippen LogP contribution in [0.3, 0.4) is 0 Å². The van der Waals surface area contributed by atoms with Gasteiger partial charge < -0.3 is 0 Å². The molecule has 1 nitrogen and oxygen atoms in total.